The summed E-state index contributed by atoms with van der Waals surface area (Å²) in [7, 11) is 0. The minimum atomic E-state index is -4.65. The third-order valence-corrected chi connectivity index (χ3v) is 6.96. The van der Waals surface area contributed by atoms with Gasteiger partial charge in [-0.25, -0.2) is 19.9 Å². The Bertz CT molecular complexity index is 1920. The molecule has 1 aliphatic heterocycles. The number of anilines is 4. The summed E-state index contributed by atoms with van der Waals surface area (Å²) in [6.07, 6.45) is 9.38. The number of aliphatic imine (C=N–C) groups is 1. The maximum Gasteiger partial charge on any atom is 0.416 e. The van der Waals surface area contributed by atoms with Crippen LogP contribution in [0.2, 0.25) is 0 Å². The number of aromatic nitrogens is 6. The predicted octanol–water partition coefficient (Wildman–Crippen LogP) is 6.25. The van der Waals surface area contributed by atoms with Crippen LogP contribution in [-0.4, -0.2) is 47.4 Å². The van der Waals surface area contributed by atoms with Gasteiger partial charge in [0.25, 0.3) is 5.91 Å². The number of carbonyl (C=O) groups excluding carboxylic acids is 1. The second kappa shape index (κ2) is 12.1. The molecule has 1 amide bonds. The van der Waals surface area contributed by atoms with Crippen LogP contribution in [0.3, 0.4) is 0 Å². The Morgan fingerprint density at radius 2 is 1.89 bits per heavy atom. The van der Waals surface area contributed by atoms with E-state index in [1.165, 1.54) is 23.3 Å². The van der Waals surface area contributed by atoms with Crippen molar-refractivity contribution in [2.75, 3.05) is 16.0 Å². The third-order valence-electron chi connectivity index (χ3n) is 6.96. The Morgan fingerprint density at radius 3 is 2.64 bits per heavy atom. The van der Waals surface area contributed by atoms with Crippen LogP contribution in [0.5, 0.6) is 0 Å². The lowest BCUT2D eigenvalue weighted by Gasteiger charge is -2.16. The number of alkyl halides is 3. The average Bonchev–Trinajstić information content (AvgIpc) is 3.68. The van der Waals surface area contributed by atoms with Crippen molar-refractivity contribution in [2.45, 2.75) is 32.6 Å². The Morgan fingerprint density at radius 1 is 1.02 bits per heavy atom. The molecule has 3 aromatic heterocycles. The summed E-state index contributed by atoms with van der Waals surface area (Å²) in [6, 6.07) is 10.1. The molecule has 4 heterocycles. The van der Waals surface area contributed by atoms with E-state index in [1.807, 2.05) is 19.1 Å². The zero-order chi connectivity index (χ0) is 31.6. The number of dihydropyridines is 1. The predicted molar refractivity (Wildman–Crippen MR) is 165 cm³/mol. The second-order valence-electron chi connectivity index (χ2n) is 10.3. The fraction of sp³-hybridized carbons (Fsp3) is 0.161. The molecule has 6 rings (SSSR count). The lowest BCUT2D eigenvalue weighted by molar-refractivity contribution is -0.137. The number of hydrogen-bond donors (Lipinski definition) is 3. The lowest BCUT2D eigenvalue weighted by Crippen LogP contribution is -2.19. The molecule has 5 aromatic rings. The van der Waals surface area contributed by atoms with Crippen LogP contribution in [0, 0.1) is 13.8 Å². The number of hydrogen-bond acceptors (Lipinski definition) is 8. The number of benzene rings is 2. The van der Waals surface area contributed by atoms with Crippen molar-refractivity contribution in [1.29, 1.82) is 0 Å². The largest absolute Gasteiger partial charge is 0.416 e. The van der Waals surface area contributed by atoms with E-state index in [2.05, 4.69) is 40.9 Å². The summed E-state index contributed by atoms with van der Waals surface area (Å²) >= 11 is 0. The molecule has 0 spiro atoms. The van der Waals surface area contributed by atoms with Crippen molar-refractivity contribution in [1.82, 2.24) is 29.1 Å². The van der Waals surface area contributed by atoms with Gasteiger partial charge in [-0.05, 0) is 55.8 Å². The van der Waals surface area contributed by atoms with Crippen molar-refractivity contribution in [3.05, 3.63) is 108 Å². The quantitative estimate of drug-likeness (QED) is 0.189. The molecule has 11 nitrogen and oxygen atoms in total. The molecular formula is C31H27F3N10O. The number of amides is 1. The maximum absolute atomic E-state index is 13.7. The first-order valence-corrected chi connectivity index (χ1v) is 13.9. The molecule has 14 heteroatoms. The summed E-state index contributed by atoms with van der Waals surface area (Å²) in [5.74, 6) is 0.898. The Balaban J connectivity index is 1.23. The first-order chi connectivity index (χ1) is 21.6. The third kappa shape index (κ3) is 6.74. The Kier molecular flexibility index (Phi) is 7.86. The van der Waals surface area contributed by atoms with E-state index in [1.54, 1.807) is 60.6 Å². The highest BCUT2D eigenvalue weighted by molar-refractivity contribution is 6.05. The molecule has 2 aromatic carbocycles. The van der Waals surface area contributed by atoms with Gasteiger partial charge in [-0.3, -0.25) is 14.4 Å². The van der Waals surface area contributed by atoms with Crippen molar-refractivity contribution in [2.24, 2.45) is 4.99 Å². The van der Waals surface area contributed by atoms with Gasteiger partial charge in [-0.1, -0.05) is 12.1 Å². The Labute approximate surface area is 255 Å². The first kappa shape index (κ1) is 29.3. The van der Waals surface area contributed by atoms with E-state index >= 15 is 0 Å². The standard InChI is InChI=1S/C31H27F3N10O/c1-19-6-7-23(40-29(45)21-11-22(31(32,33)34)13-24(12-21)43-16-20(2)39-18-43)14-25(19)41-30-36-9-10-44(30)28-15-27(37-17-38-28)42-26-5-3-4-8-35-26/h3-4,6-18,26H,5H2,1-2H3,(H,36,41)(H,40,45)(H,37,38,42). The highest BCUT2D eigenvalue weighted by Crippen LogP contribution is 2.32. The van der Waals surface area contributed by atoms with Gasteiger partial charge in [0, 0.05) is 59.9 Å². The average molecular weight is 613 g/mol. The van der Waals surface area contributed by atoms with Crippen molar-refractivity contribution in [3.63, 3.8) is 0 Å². The lowest BCUT2D eigenvalue weighted by atomic mass is 10.1. The van der Waals surface area contributed by atoms with Crippen LogP contribution in [0.15, 0.2) is 90.9 Å². The minimum Gasteiger partial charge on any atom is -0.348 e. The molecule has 228 valence electrons. The number of carbonyl (C=O) groups is 1. The zero-order valence-electron chi connectivity index (χ0n) is 24.1. The number of halogens is 3. The highest BCUT2D eigenvalue weighted by atomic mass is 19.4. The van der Waals surface area contributed by atoms with Crippen molar-refractivity contribution in [3.8, 4) is 11.5 Å². The van der Waals surface area contributed by atoms with Gasteiger partial charge in [0.2, 0.25) is 5.95 Å². The summed E-state index contributed by atoms with van der Waals surface area (Å²) < 4.78 is 44.4. The van der Waals surface area contributed by atoms with Gasteiger partial charge in [0.15, 0.2) is 0 Å². The number of nitrogens with one attached hydrogen (secondary N) is 3. The molecule has 0 fully saturated rings. The fourth-order valence-electron chi connectivity index (χ4n) is 4.66. The summed E-state index contributed by atoms with van der Waals surface area (Å²) in [4.78, 5) is 34.8. The molecule has 0 aliphatic carbocycles. The fourth-order valence-corrected chi connectivity index (χ4v) is 4.66. The first-order valence-electron chi connectivity index (χ1n) is 13.9. The smallest absolute Gasteiger partial charge is 0.348 e. The number of imidazole rings is 2. The van der Waals surface area contributed by atoms with Crippen molar-refractivity contribution < 1.29 is 18.0 Å². The monoisotopic (exact) mass is 612 g/mol. The van der Waals surface area contributed by atoms with Crippen LogP contribution in [-0.2, 0) is 6.18 Å². The van der Waals surface area contributed by atoms with Crippen molar-refractivity contribution >= 4 is 35.3 Å². The van der Waals surface area contributed by atoms with E-state index in [0.29, 0.717) is 34.7 Å². The zero-order valence-corrected chi connectivity index (χ0v) is 24.1. The van der Waals surface area contributed by atoms with E-state index < -0.39 is 17.6 Å². The minimum absolute atomic E-state index is 0.128. The summed E-state index contributed by atoms with van der Waals surface area (Å²) in [6.45, 7) is 3.60. The van der Waals surface area contributed by atoms with Gasteiger partial charge in [-0.15, -0.1) is 0 Å². The van der Waals surface area contributed by atoms with E-state index in [9.17, 15) is 18.0 Å². The topological polar surface area (TPSA) is 127 Å². The van der Waals surface area contributed by atoms with E-state index in [-0.39, 0.29) is 17.4 Å². The van der Waals surface area contributed by atoms with E-state index in [4.69, 9.17) is 0 Å². The number of allylic oxidation sites excluding steroid dienone is 1. The van der Waals surface area contributed by atoms with Crippen LogP contribution in [0.25, 0.3) is 11.5 Å². The van der Waals surface area contributed by atoms with Gasteiger partial charge < -0.3 is 20.5 Å². The highest BCUT2D eigenvalue weighted by Gasteiger charge is 2.32. The molecule has 1 atom stereocenters. The van der Waals surface area contributed by atoms with E-state index in [0.717, 1.165) is 24.1 Å². The van der Waals surface area contributed by atoms with Gasteiger partial charge in [0.1, 0.15) is 24.1 Å². The summed E-state index contributed by atoms with van der Waals surface area (Å²) in [5, 5.41) is 9.25. The molecule has 0 saturated heterocycles. The summed E-state index contributed by atoms with van der Waals surface area (Å²) in [5.41, 5.74) is 1.53. The molecule has 0 saturated carbocycles. The number of nitrogens with zero attached hydrogens (tertiary/aromatic N) is 7. The molecular weight excluding hydrogens is 585 g/mol. The van der Waals surface area contributed by atoms with Gasteiger partial charge in [0.05, 0.1) is 17.6 Å². The molecule has 1 aliphatic rings. The number of aryl methyl sites for hydroxylation is 2. The van der Waals surface area contributed by atoms with Crippen LogP contribution < -0.4 is 16.0 Å². The number of rotatable bonds is 8. The molecule has 1 unspecified atom stereocenters. The Hall–Kier alpha value is -5.79. The van der Waals surface area contributed by atoms with Gasteiger partial charge in [-0.2, -0.15) is 13.2 Å². The maximum atomic E-state index is 13.7. The van der Waals surface area contributed by atoms with Crippen LogP contribution >= 0.6 is 0 Å². The molecule has 0 bridgehead atoms. The molecule has 3 N–H and O–H groups in total. The van der Waals surface area contributed by atoms with Crippen LogP contribution in [0.1, 0.15) is 33.6 Å². The van der Waals surface area contributed by atoms with Gasteiger partial charge >= 0.3 is 6.18 Å². The SMILES string of the molecule is Cc1cn(-c2cc(C(=O)Nc3ccc(C)c(Nc4nccn4-c4cc(NC5CC=CC=N5)ncn4)c3)cc(C(F)(F)F)c2)cn1. The van der Waals surface area contributed by atoms with Crippen LogP contribution in [0.4, 0.5) is 36.3 Å². The normalized spacial score (nSPS) is 14.4. The second-order valence-corrected chi connectivity index (χ2v) is 10.3. The molecule has 0 radical (unpaired) electrons. The molecule has 45 heavy (non-hydrogen) atoms.